The Hall–Kier alpha value is -0.830. The van der Waals surface area contributed by atoms with Crippen LogP contribution in [0.5, 0.6) is 5.75 Å². The van der Waals surface area contributed by atoms with E-state index in [4.69, 9.17) is 4.74 Å². The minimum atomic E-state index is 0.602. The van der Waals surface area contributed by atoms with Crippen molar-refractivity contribution in [2.45, 2.75) is 19.3 Å². The zero-order chi connectivity index (χ0) is 10.4. The van der Waals surface area contributed by atoms with Gasteiger partial charge in [-0.3, -0.25) is 0 Å². The van der Waals surface area contributed by atoms with E-state index < -0.39 is 0 Å². The Labute approximate surface area is 92.4 Å². The summed E-state index contributed by atoms with van der Waals surface area (Å²) in [6, 6.07) is 5.85. The zero-order valence-corrected chi connectivity index (χ0v) is 9.71. The topological polar surface area (TPSA) is 26.3 Å². The van der Waals surface area contributed by atoms with Crippen LogP contribution in [0.25, 0.3) is 0 Å². The van der Waals surface area contributed by atoms with E-state index in [1.54, 1.807) is 7.11 Å². The van der Waals surface area contributed by atoms with E-state index in [0.717, 1.165) is 34.9 Å². The average Bonchev–Trinajstić information content (AvgIpc) is 2.20. The van der Waals surface area contributed by atoms with E-state index >= 15 is 0 Å². The molecule has 76 valence electrons. The molecule has 0 heterocycles. The fourth-order valence-electron chi connectivity index (χ4n) is 1.33. The highest BCUT2D eigenvalue weighted by Crippen LogP contribution is 2.27. The molecule has 1 rings (SSSR count). The summed E-state index contributed by atoms with van der Waals surface area (Å²) in [6.45, 7) is 0. The van der Waals surface area contributed by atoms with Crippen LogP contribution in [0.2, 0.25) is 0 Å². The van der Waals surface area contributed by atoms with Crippen LogP contribution in [0.1, 0.15) is 18.4 Å². The molecule has 0 spiro atoms. The van der Waals surface area contributed by atoms with Gasteiger partial charge in [0.25, 0.3) is 0 Å². The summed E-state index contributed by atoms with van der Waals surface area (Å²) in [5.41, 5.74) is 1.14. The molecular formula is C11H13BrO2. The van der Waals surface area contributed by atoms with Crippen LogP contribution in [-0.4, -0.2) is 13.4 Å². The zero-order valence-electron chi connectivity index (χ0n) is 8.13. The van der Waals surface area contributed by atoms with E-state index in [2.05, 4.69) is 15.9 Å². The number of rotatable bonds is 5. The largest absolute Gasteiger partial charge is 0.496 e. The Morgan fingerprint density at radius 1 is 1.50 bits per heavy atom. The Balaban J connectivity index is 2.76. The van der Waals surface area contributed by atoms with Crippen molar-refractivity contribution < 1.29 is 9.53 Å². The lowest BCUT2D eigenvalue weighted by molar-refractivity contribution is -0.107. The van der Waals surface area contributed by atoms with Crippen LogP contribution < -0.4 is 4.74 Å². The van der Waals surface area contributed by atoms with Gasteiger partial charge in [0.05, 0.1) is 7.11 Å². The molecule has 0 aliphatic rings. The number of aldehydes is 1. The molecule has 0 amide bonds. The Bertz CT molecular complexity index is 310. The second-order valence-electron chi connectivity index (χ2n) is 2.98. The first-order valence-electron chi connectivity index (χ1n) is 4.54. The quantitative estimate of drug-likeness (QED) is 0.598. The number of hydrogen-bond acceptors (Lipinski definition) is 2. The fourth-order valence-corrected chi connectivity index (χ4v) is 1.88. The molecule has 3 heteroatoms. The lowest BCUT2D eigenvalue weighted by atomic mass is 10.1. The number of halogens is 1. The van der Waals surface area contributed by atoms with Gasteiger partial charge in [-0.05, 0) is 25.0 Å². The number of benzene rings is 1. The smallest absolute Gasteiger partial charge is 0.123 e. The first-order valence-corrected chi connectivity index (χ1v) is 5.34. The lowest BCUT2D eigenvalue weighted by Crippen LogP contribution is -1.94. The van der Waals surface area contributed by atoms with E-state index in [1.807, 2.05) is 18.2 Å². The normalized spacial score (nSPS) is 9.86. The van der Waals surface area contributed by atoms with Crippen LogP contribution >= 0.6 is 15.9 Å². The molecule has 0 saturated carbocycles. The van der Waals surface area contributed by atoms with Gasteiger partial charge >= 0.3 is 0 Å². The van der Waals surface area contributed by atoms with Gasteiger partial charge in [-0.1, -0.05) is 22.0 Å². The Morgan fingerprint density at radius 3 is 2.93 bits per heavy atom. The summed E-state index contributed by atoms with van der Waals surface area (Å²) in [7, 11) is 1.66. The molecule has 14 heavy (non-hydrogen) atoms. The van der Waals surface area contributed by atoms with Crippen molar-refractivity contribution >= 4 is 22.2 Å². The van der Waals surface area contributed by atoms with Crippen molar-refractivity contribution in [2.75, 3.05) is 7.11 Å². The maximum absolute atomic E-state index is 10.2. The molecule has 0 fully saturated rings. The molecule has 0 aliphatic carbocycles. The predicted octanol–water partition coefficient (Wildman–Crippen LogP) is 2.98. The van der Waals surface area contributed by atoms with Crippen molar-refractivity contribution in [3.05, 3.63) is 28.2 Å². The second-order valence-corrected chi connectivity index (χ2v) is 3.83. The maximum Gasteiger partial charge on any atom is 0.123 e. The first kappa shape index (κ1) is 11.2. The van der Waals surface area contributed by atoms with E-state index in [9.17, 15) is 4.79 Å². The van der Waals surface area contributed by atoms with Gasteiger partial charge < -0.3 is 9.53 Å². The number of ether oxygens (including phenoxy) is 1. The summed E-state index contributed by atoms with van der Waals surface area (Å²) in [4.78, 5) is 10.2. The number of methoxy groups -OCH3 is 1. The minimum Gasteiger partial charge on any atom is -0.496 e. The third-order valence-corrected chi connectivity index (χ3v) is 2.79. The van der Waals surface area contributed by atoms with Gasteiger partial charge in [0, 0.05) is 16.5 Å². The van der Waals surface area contributed by atoms with Gasteiger partial charge in [-0.15, -0.1) is 0 Å². The van der Waals surface area contributed by atoms with Gasteiger partial charge in [0.1, 0.15) is 12.0 Å². The molecule has 0 aliphatic heterocycles. The molecular weight excluding hydrogens is 244 g/mol. The monoisotopic (exact) mass is 256 g/mol. The van der Waals surface area contributed by atoms with Crippen molar-refractivity contribution in [1.29, 1.82) is 0 Å². The molecule has 0 bridgehead atoms. The van der Waals surface area contributed by atoms with Crippen LogP contribution in [-0.2, 0) is 11.2 Å². The van der Waals surface area contributed by atoms with E-state index in [1.165, 1.54) is 0 Å². The summed E-state index contributed by atoms with van der Waals surface area (Å²) in [5, 5.41) is 0. The highest BCUT2D eigenvalue weighted by molar-refractivity contribution is 9.10. The summed E-state index contributed by atoms with van der Waals surface area (Å²) in [5.74, 6) is 0.880. The number of unbranched alkanes of at least 4 members (excludes halogenated alkanes) is 1. The van der Waals surface area contributed by atoms with Crippen LogP contribution in [0, 0.1) is 0 Å². The highest BCUT2D eigenvalue weighted by Gasteiger charge is 2.05. The summed E-state index contributed by atoms with van der Waals surface area (Å²) in [6.07, 6.45) is 3.28. The Morgan fingerprint density at radius 2 is 2.29 bits per heavy atom. The van der Waals surface area contributed by atoms with Crippen molar-refractivity contribution in [3.63, 3.8) is 0 Å². The van der Waals surface area contributed by atoms with Crippen LogP contribution in [0.3, 0.4) is 0 Å². The van der Waals surface area contributed by atoms with Crippen LogP contribution in [0.4, 0.5) is 0 Å². The van der Waals surface area contributed by atoms with Crippen LogP contribution in [0.15, 0.2) is 22.7 Å². The Kier molecular flexibility index (Phi) is 4.66. The molecule has 2 nitrogen and oxygen atoms in total. The summed E-state index contributed by atoms with van der Waals surface area (Å²) < 4.78 is 6.28. The van der Waals surface area contributed by atoms with Gasteiger partial charge in [-0.2, -0.15) is 0 Å². The van der Waals surface area contributed by atoms with Crippen molar-refractivity contribution in [2.24, 2.45) is 0 Å². The van der Waals surface area contributed by atoms with Crippen molar-refractivity contribution in [3.8, 4) is 5.75 Å². The van der Waals surface area contributed by atoms with Gasteiger partial charge in [0.15, 0.2) is 0 Å². The highest BCUT2D eigenvalue weighted by atomic mass is 79.9. The van der Waals surface area contributed by atoms with E-state index in [0.29, 0.717) is 6.42 Å². The number of hydrogen-bond donors (Lipinski definition) is 0. The van der Waals surface area contributed by atoms with Gasteiger partial charge in [0.2, 0.25) is 0 Å². The van der Waals surface area contributed by atoms with Crippen molar-refractivity contribution in [1.82, 2.24) is 0 Å². The first-order chi connectivity index (χ1) is 6.79. The summed E-state index contributed by atoms with van der Waals surface area (Å²) >= 11 is 3.47. The molecule has 0 saturated heterocycles. The third-order valence-electron chi connectivity index (χ3n) is 2.04. The number of carbonyl (C=O) groups excluding carboxylic acids is 1. The molecule has 0 aromatic heterocycles. The minimum absolute atomic E-state index is 0.602. The second kappa shape index (κ2) is 5.81. The molecule has 0 N–H and O–H groups in total. The van der Waals surface area contributed by atoms with Gasteiger partial charge in [-0.25, -0.2) is 0 Å². The average molecular weight is 257 g/mol. The molecule has 0 unspecified atom stereocenters. The molecule has 1 aromatic carbocycles. The SMILES string of the molecule is COc1cccc(Br)c1CCCC=O. The third kappa shape index (κ3) is 2.84. The lowest BCUT2D eigenvalue weighted by Gasteiger charge is -2.09. The maximum atomic E-state index is 10.2. The molecule has 0 radical (unpaired) electrons. The predicted molar refractivity (Wildman–Crippen MR) is 59.7 cm³/mol. The number of carbonyl (C=O) groups is 1. The standard InChI is InChI=1S/C11H13BrO2/c1-14-11-7-4-6-10(12)9(11)5-2-3-8-13/h4,6-8H,2-3,5H2,1H3. The van der Waals surface area contributed by atoms with E-state index in [-0.39, 0.29) is 0 Å². The fraction of sp³-hybridized carbons (Fsp3) is 0.364. The molecule has 1 aromatic rings. The molecule has 0 atom stereocenters.